The third-order valence-electron chi connectivity index (χ3n) is 7.39. The molecular weight excluding hydrogens is 469 g/mol. The van der Waals surface area contributed by atoms with Gasteiger partial charge in [0.15, 0.2) is 0 Å². The van der Waals surface area contributed by atoms with Crippen molar-refractivity contribution in [1.29, 1.82) is 0 Å². The summed E-state index contributed by atoms with van der Waals surface area (Å²) in [5.74, 6) is 0.328. The van der Waals surface area contributed by atoms with Gasteiger partial charge in [-0.3, -0.25) is 19.2 Å². The number of pyridine rings is 2. The van der Waals surface area contributed by atoms with Gasteiger partial charge in [-0.25, -0.2) is 0 Å². The van der Waals surface area contributed by atoms with Gasteiger partial charge in [0, 0.05) is 55.6 Å². The van der Waals surface area contributed by atoms with E-state index in [1.165, 1.54) is 41.6 Å². The van der Waals surface area contributed by atoms with Gasteiger partial charge in [0.2, 0.25) is 0 Å². The topological polar surface area (TPSA) is 52.3 Å². The van der Waals surface area contributed by atoms with Gasteiger partial charge >= 0.3 is 6.18 Å². The summed E-state index contributed by atoms with van der Waals surface area (Å²) in [7, 11) is 2.10. The van der Waals surface area contributed by atoms with Gasteiger partial charge < -0.3 is 9.30 Å². The maximum Gasteiger partial charge on any atom is 0.417 e. The van der Waals surface area contributed by atoms with Crippen LogP contribution in [0.2, 0.25) is 0 Å². The third kappa shape index (κ3) is 3.87. The first kappa shape index (κ1) is 22.8. The standard InChI is InChI=1S/C27H25F3N4O2/c1-32-22-9-11-33-10-2-3-23(33)26(22)21-7-6-19(13-24(21)32)34-12-8-20(14-25(34)35)36-16-18-5-4-17(15-31-18)27(28,29)30/h4-8,12-15,23H,2-3,9-11,16H2,1H3. The van der Waals surface area contributed by atoms with E-state index >= 15 is 0 Å². The van der Waals surface area contributed by atoms with Crippen LogP contribution in [0.25, 0.3) is 16.6 Å². The zero-order valence-corrected chi connectivity index (χ0v) is 19.8. The zero-order chi connectivity index (χ0) is 25.0. The fourth-order valence-corrected chi connectivity index (χ4v) is 5.60. The van der Waals surface area contributed by atoms with E-state index in [0.717, 1.165) is 43.0 Å². The highest BCUT2D eigenvalue weighted by Crippen LogP contribution is 2.42. The average Bonchev–Trinajstić information content (AvgIpc) is 3.45. The minimum Gasteiger partial charge on any atom is -0.487 e. The Morgan fingerprint density at radius 3 is 2.72 bits per heavy atom. The second-order valence-electron chi connectivity index (χ2n) is 9.46. The number of nitrogens with zero attached hydrogens (tertiary/aromatic N) is 4. The molecule has 1 aromatic carbocycles. The minimum absolute atomic E-state index is 0.0410. The molecule has 0 bridgehead atoms. The number of aromatic nitrogens is 3. The highest BCUT2D eigenvalue weighted by Gasteiger charge is 2.34. The predicted molar refractivity (Wildman–Crippen MR) is 129 cm³/mol. The van der Waals surface area contributed by atoms with Crippen molar-refractivity contribution in [2.24, 2.45) is 7.05 Å². The Morgan fingerprint density at radius 2 is 1.97 bits per heavy atom. The van der Waals surface area contributed by atoms with Gasteiger partial charge in [0.1, 0.15) is 12.4 Å². The van der Waals surface area contributed by atoms with Gasteiger partial charge in [-0.1, -0.05) is 6.07 Å². The van der Waals surface area contributed by atoms with E-state index < -0.39 is 11.7 Å². The molecule has 1 fully saturated rings. The summed E-state index contributed by atoms with van der Waals surface area (Å²) in [4.78, 5) is 19.3. The van der Waals surface area contributed by atoms with Gasteiger partial charge in [0.25, 0.3) is 5.56 Å². The van der Waals surface area contributed by atoms with Crippen molar-refractivity contribution in [1.82, 2.24) is 19.0 Å². The van der Waals surface area contributed by atoms with Crippen molar-refractivity contribution >= 4 is 10.9 Å². The molecule has 9 heteroatoms. The van der Waals surface area contributed by atoms with E-state index in [1.807, 2.05) is 6.07 Å². The van der Waals surface area contributed by atoms with Crippen LogP contribution in [-0.4, -0.2) is 32.1 Å². The van der Waals surface area contributed by atoms with Crippen LogP contribution in [-0.2, 0) is 26.3 Å². The van der Waals surface area contributed by atoms with Gasteiger partial charge in [0.05, 0.1) is 22.5 Å². The van der Waals surface area contributed by atoms with Gasteiger partial charge in [-0.15, -0.1) is 0 Å². The van der Waals surface area contributed by atoms with Crippen molar-refractivity contribution in [3.63, 3.8) is 0 Å². The molecule has 4 aromatic rings. The predicted octanol–water partition coefficient (Wildman–Crippen LogP) is 5.02. The second kappa shape index (κ2) is 8.51. The Balaban J connectivity index is 1.24. The summed E-state index contributed by atoms with van der Waals surface area (Å²) in [6, 6.07) is 11.9. The van der Waals surface area contributed by atoms with Crippen molar-refractivity contribution in [3.8, 4) is 11.4 Å². The lowest BCUT2D eigenvalue weighted by Gasteiger charge is -2.30. The van der Waals surface area contributed by atoms with Crippen molar-refractivity contribution in [2.75, 3.05) is 13.1 Å². The number of fused-ring (bicyclic) bond motifs is 5. The highest BCUT2D eigenvalue weighted by atomic mass is 19.4. The Hall–Kier alpha value is -3.59. The van der Waals surface area contributed by atoms with E-state index in [-0.39, 0.29) is 12.2 Å². The lowest BCUT2D eigenvalue weighted by atomic mass is 9.96. The molecule has 0 aliphatic carbocycles. The monoisotopic (exact) mass is 494 g/mol. The largest absolute Gasteiger partial charge is 0.487 e. The third-order valence-corrected chi connectivity index (χ3v) is 7.39. The normalized spacial score (nSPS) is 17.8. The van der Waals surface area contributed by atoms with Gasteiger partial charge in [-0.05, 0) is 55.3 Å². The van der Waals surface area contributed by atoms with Crippen LogP contribution in [0, 0.1) is 0 Å². The van der Waals surface area contributed by atoms with Crippen LogP contribution in [0.5, 0.6) is 5.75 Å². The van der Waals surface area contributed by atoms with E-state index in [0.29, 0.717) is 17.5 Å². The summed E-state index contributed by atoms with van der Waals surface area (Å²) in [6.07, 6.45) is 1.45. The first-order valence-corrected chi connectivity index (χ1v) is 12.0. The molecule has 6 nitrogen and oxygen atoms in total. The minimum atomic E-state index is -4.44. The Morgan fingerprint density at radius 1 is 1.11 bits per heavy atom. The molecule has 2 aliphatic heterocycles. The molecule has 0 N–H and O–H groups in total. The molecule has 36 heavy (non-hydrogen) atoms. The molecule has 2 aliphatic rings. The molecule has 0 amide bonds. The molecule has 1 unspecified atom stereocenters. The fourth-order valence-electron chi connectivity index (χ4n) is 5.60. The van der Waals surface area contributed by atoms with Crippen LogP contribution < -0.4 is 10.3 Å². The SMILES string of the molecule is Cn1c2c(c3ccc(-n4ccc(OCc5ccc(C(F)(F)F)cn5)cc4=O)cc31)C1CCCN1CC2. The molecular formula is C27H25F3N4O2. The van der Waals surface area contributed by atoms with Gasteiger partial charge in [-0.2, -0.15) is 13.2 Å². The smallest absolute Gasteiger partial charge is 0.417 e. The highest BCUT2D eigenvalue weighted by molar-refractivity contribution is 5.88. The first-order valence-electron chi connectivity index (χ1n) is 12.0. The summed E-state index contributed by atoms with van der Waals surface area (Å²) in [5.41, 5.74) is 3.98. The van der Waals surface area contributed by atoms with Crippen LogP contribution in [0.15, 0.2) is 59.7 Å². The van der Waals surface area contributed by atoms with Crippen molar-refractivity contribution < 1.29 is 17.9 Å². The van der Waals surface area contributed by atoms with E-state index in [2.05, 4.69) is 33.6 Å². The zero-order valence-electron chi connectivity index (χ0n) is 19.8. The number of rotatable bonds is 4. The Bertz CT molecular complexity index is 1500. The maximum atomic E-state index is 12.9. The number of hydrogen-bond acceptors (Lipinski definition) is 4. The molecule has 0 saturated carbocycles. The van der Waals surface area contributed by atoms with Crippen molar-refractivity contribution in [2.45, 2.75) is 38.1 Å². The summed E-state index contributed by atoms with van der Waals surface area (Å²) >= 11 is 0. The molecule has 0 spiro atoms. The fraction of sp³-hybridized carbons (Fsp3) is 0.333. The second-order valence-corrected chi connectivity index (χ2v) is 9.46. The Kier molecular flexibility index (Phi) is 5.40. The summed E-state index contributed by atoms with van der Waals surface area (Å²) in [6.45, 7) is 2.22. The number of aryl methyl sites for hydroxylation is 1. The maximum absolute atomic E-state index is 12.9. The lowest BCUT2D eigenvalue weighted by molar-refractivity contribution is -0.137. The van der Waals surface area contributed by atoms with E-state index in [9.17, 15) is 18.0 Å². The molecule has 1 saturated heterocycles. The molecule has 5 heterocycles. The summed E-state index contributed by atoms with van der Waals surface area (Å²) in [5, 5.41) is 1.25. The first-order chi connectivity index (χ1) is 17.3. The van der Waals surface area contributed by atoms with E-state index in [4.69, 9.17) is 4.74 Å². The number of benzene rings is 1. The van der Waals surface area contributed by atoms with Crippen LogP contribution >= 0.6 is 0 Å². The molecule has 0 radical (unpaired) electrons. The van der Waals surface area contributed by atoms with E-state index in [1.54, 1.807) is 16.8 Å². The quantitative estimate of drug-likeness (QED) is 0.400. The van der Waals surface area contributed by atoms with Crippen LogP contribution in [0.3, 0.4) is 0 Å². The molecule has 6 rings (SSSR count). The average molecular weight is 495 g/mol. The lowest BCUT2D eigenvalue weighted by Crippen LogP contribution is -2.31. The number of halogens is 3. The number of hydrogen-bond donors (Lipinski definition) is 0. The molecule has 1 atom stereocenters. The number of alkyl halides is 3. The number of ether oxygens (including phenoxy) is 1. The molecule has 186 valence electrons. The summed E-state index contributed by atoms with van der Waals surface area (Å²) < 4.78 is 47.5. The van der Waals surface area contributed by atoms with Crippen LogP contribution in [0.4, 0.5) is 13.2 Å². The van der Waals surface area contributed by atoms with Crippen molar-refractivity contribution in [3.05, 3.63) is 87.7 Å². The Labute approximate surface area is 205 Å². The van der Waals surface area contributed by atoms with Crippen LogP contribution in [0.1, 0.15) is 41.4 Å². The molecule has 3 aromatic heterocycles.